The lowest BCUT2D eigenvalue weighted by Gasteiger charge is -2.12. The van der Waals surface area contributed by atoms with Gasteiger partial charge in [-0.2, -0.15) is 0 Å². The number of carbonyl (C=O) groups is 2. The number of hydrogen-bond acceptors (Lipinski definition) is 3. The van der Waals surface area contributed by atoms with Crippen LogP contribution in [-0.2, 0) is 11.2 Å². The molecule has 3 rings (SSSR count). The molecule has 5 nitrogen and oxygen atoms in total. The molecule has 0 aliphatic rings. The molecule has 0 atom stereocenters. The Balaban J connectivity index is 1.54. The van der Waals surface area contributed by atoms with Crippen LogP contribution >= 0.6 is 0 Å². The van der Waals surface area contributed by atoms with Crippen LogP contribution < -0.4 is 16.0 Å². The number of amides is 2. The van der Waals surface area contributed by atoms with E-state index in [0.29, 0.717) is 24.2 Å². The Labute approximate surface area is 173 Å². The lowest BCUT2D eigenvalue weighted by molar-refractivity contribution is -0.114. The first kappa shape index (κ1) is 21.0. The van der Waals surface area contributed by atoms with E-state index < -0.39 is 17.5 Å². The van der Waals surface area contributed by atoms with Crippen molar-refractivity contribution in [2.45, 2.75) is 6.42 Å². The standard InChI is InChI=1S/C23H21F2N3O2/c24-19-11-10-17(14-20(19)25)28-22(29)15-27-21-9-5-4-8-18(21)23(30)26-13-12-16-6-2-1-3-7-16/h1-11,14,27H,12-13,15H2,(H,26,30)(H,28,29). The third-order valence-corrected chi connectivity index (χ3v) is 4.36. The quantitative estimate of drug-likeness (QED) is 0.527. The summed E-state index contributed by atoms with van der Waals surface area (Å²) in [7, 11) is 0. The largest absolute Gasteiger partial charge is 0.376 e. The van der Waals surface area contributed by atoms with Crippen molar-refractivity contribution in [3.63, 3.8) is 0 Å². The highest BCUT2D eigenvalue weighted by Crippen LogP contribution is 2.16. The van der Waals surface area contributed by atoms with Crippen LogP contribution in [-0.4, -0.2) is 24.9 Å². The number of anilines is 2. The van der Waals surface area contributed by atoms with Crippen LogP contribution in [0, 0.1) is 11.6 Å². The van der Waals surface area contributed by atoms with Crippen LogP contribution in [0.25, 0.3) is 0 Å². The second kappa shape index (κ2) is 10.2. The molecule has 3 aromatic carbocycles. The van der Waals surface area contributed by atoms with Crippen LogP contribution in [0.15, 0.2) is 72.8 Å². The zero-order valence-electron chi connectivity index (χ0n) is 16.1. The van der Waals surface area contributed by atoms with Gasteiger partial charge in [-0.05, 0) is 36.2 Å². The van der Waals surface area contributed by atoms with Crippen molar-refractivity contribution in [2.24, 2.45) is 0 Å². The van der Waals surface area contributed by atoms with Crippen LogP contribution in [0.4, 0.5) is 20.2 Å². The predicted octanol–water partition coefficient (Wildman–Crippen LogP) is 3.99. The van der Waals surface area contributed by atoms with Crippen molar-refractivity contribution in [2.75, 3.05) is 23.7 Å². The van der Waals surface area contributed by atoms with Crippen LogP contribution in [0.1, 0.15) is 15.9 Å². The molecule has 2 amide bonds. The van der Waals surface area contributed by atoms with E-state index >= 15 is 0 Å². The first-order chi connectivity index (χ1) is 14.5. The summed E-state index contributed by atoms with van der Waals surface area (Å²) in [4.78, 5) is 24.6. The van der Waals surface area contributed by atoms with Gasteiger partial charge in [0.15, 0.2) is 11.6 Å². The number of halogens is 2. The Hall–Kier alpha value is -3.74. The summed E-state index contributed by atoms with van der Waals surface area (Å²) in [6.45, 7) is 0.334. The molecule has 0 saturated heterocycles. The van der Waals surface area contributed by atoms with E-state index in [-0.39, 0.29) is 18.1 Å². The van der Waals surface area contributed by atoms with E-state index in [1.807, 2.05) is 30.3 Å². The second-order valence-electron chi connectivity index (χ2n) is 6.57. The summed E-state index contributed by atoms with van der Waals surface area (Å²) in [5.74, 6) is -2.74. The zero-order chi connectivity index (χ0) is 21.3. The monoisotopic (exact) mass is 409 g/mol. The van der Waals surface area contributed by atoms with Gasteiger partial charge in [0, 0.05) is 24.0 Å². The van der Waals surface area contributed by atoms with Gasteiger partial charge in [-0.1, -0.05) is 42.5 Å². The maximum absolute atomic E-state index is 13.2. The zero-order valence-corrected chi connectivity index (χ0v) is 16.1. The summed E-state index contributed by atoms with van der Waals surface area (Å²) in [6, 6.07) is 19.8. The van der Waals surface area contributed by atoms with Gasteiger partial charge in [-0.15, -0.1) is 0 Å². The molecule has 154 valence electrons. The molecule has 0 aromatic heterocycles. The Kier molecular flexibility index (Phi) is 7.10. The average Bonchev–Trinajstić information content (AvgIpc) is 2.76. The van der Waals surface area contributed by atoms with Crippen LogP contribution in [0.5, 0.6) is 0 Å². The van der Waals surface area contributed by atoms with Crippen molar-refractivity contribution in [1.82, 2.24) is 5.32 Å². The van der Waals surface area contributed by atoms with E-state index in [1.165, 1.54) is 6.07 Å². The van der Waals surface area contributed by atoms with Gasteiger partial charge >= 0.3 is 0 Å². The number of rotatable bonds is 8. The summed E-state index contributed by atoms with van der Waals surface area (Å²) < 4.78 is 26.2. The highest BCUT2D eigenvalue weighted by molar-refractivity contribution is 6.00. The van der Waals surface area contributed by atoms with Crippen LogP contribution in [0.2, 0.25) is 0 Å². The normalized spacial score (nSPS) is 10.3. The van der Waals surface area contributed by atoms with Crippen LogP contribution in [0.3, 0.4) is 0 Å². The fourth-order valence-electron chi connectivity index (χ4n) is 2.85. The molecule has 30 heavy (non-hydrogen) atoms. The van der Waals surface area contributed by atoms with E-state index in [9.17, 15) is 18.4 Å². The average molecular weight is 409 g/mol. The van der Waals surface area contributed by atoms with Gasteiger partial charge in [-0.25, -0.2) is 8.78 Å². The molecular formula is C23H21F2N3O2. The third-order valence-electron chi connectivity index (χ3n) is 4.36. The number of benzene rings is 3. The molecule has 0 radical (unpaired) electrons. The SMILES string of the molecule is O=C(CNc1ccccc1C(=O)NCCc1ccccc1)Nc1ccc(F)c(F)c1. The number of para-hydroxylation sites is 1. The molecule has 0 aliphatic carbocycles. The summed E-state index contributed by atoms with van der Waals surface area (Å²) >= 11 is 0. The molecule has 3 N–H and O–H groups in total. The summed E-state index contributed by atoms with van der Waals surface area (Å²) in [6.07, 6.45) is 0.707. The predicted molar refractivity (Wildman–Crippen MR) is 112 cm³/mol. The number of carbonyl (C=O) groups excluding carboxylic acids is 2. The van der Waals surface area contributed by atoms with Crippen molar-refractivity contribution < 1.29 is 18.4 Å². The summed E-state index contributed by atoms with van der Waals surface area (Å²) in [5.41, 5.74) is 2.17. The Morgan fingerprint density at radius 3 is 2.33 bits per heavy atom. The molecular weight excluding hydrogens is 388 g/mol. The molecule has 0 heterocycles. The number of nitrogens with one attached hydrogen (secondary N) is 3. The lowest BCUT2D eigenvalue weighted by Crippen LogP contribution is -2.28. The van der Waals surface area contributed by atoms with Gasteiger partial charge in [0.25, 0.3) is 5.91 Å². The van der Waals surface area contributed by atoms with Gasteiger partial charge < -0.3 is 16.0 Å². The first-order valence-corrected chi connectivity index (χ1v) is 9.43. The third kappa shape index (κ3) is 5.88. The smallest absolute Gasteiger partial charge is 0.253 e. The Morgan fingerprint density at radius 2 is 1.57 bits per heavy atom. The van der Waals surface area contributed by atoms with E-state index in [0.717, 1.165) is 17.7 Å². The molecule has 7 heteroatoms. The fraction of sp³-hybridized carbons (Fsp3) is 0.130. The minimum atomic E-state index is -1.04. The van der Waals surface area contributed by atoms with Gasteiger partial charge in [0.1, 0.15) is 0 Å². The van der Waals surface area contributed by atoms with Gasteiger partial charge in [0.05, 0.1) is 12.1 Å². The molecule has 0 unspecified atom stereocenters. The van der Waals surface area contributed by atoms with E-state index in [4.69, 9.17) is 0 Å². The molecule has 0 saturated carbocycles. The fourth-order valence-corrected chi connectivity index (χ4v) is 2.85. The van der Waals surface area contributed by atoms with Gasteiger partial charge in [0.2, 0.25) is 5.91 Å². The van der Waals surface area contributed by atoms with E-state index in [2.05, 4.69) is 16.0 Å². The van der Waals surface area contributed by atoms with Crippen molar-refractivity contribution in [1.29, 1.82) is 0 Å². The Bertz CT molecular complexity index is 1030. The highest BCUT2D eigenvalue weighted by atomic mass is 19.2. The van der Waals surface area contributed by atoms with Gasteiger partial charge in [-0.3, -0.25) is 9.59 Å². The maximum Gasteiger partial charge on any atom is 0.253 e. The van der Waals surface area contributed by atoms with Crippen molar-refractivity contribution in [3.05, 3.63) is 95.6 Å². The first-order valence-electron chi connectivity index (χ1n) is 9.43. The topological polar surface area (TPSA) is 70.2 Å². The second-order valence-corrected chi connectivity index (χ2v) is 6.57. The van der Waals surface area contributed by atoms with E-state index in [1.54, 1.807) is 24.3 Å². The number of hydrogen-bond donors (Lipinski definition) is 3. The molecule has 3 aromatic rings. The minimum Gasteiger partial charge on any atom is -0.376 e. The molecule has 0 spiro atoms. The molecule has 0 bridgehead atoms. The maximum atomic E-state index is 13.2. The Morgan fingerprint density at radius 1 is 0.833 bits per heavy atom. The van der Waals surface area contributed by atoms with Crippen molar-refractivity contribution in [3.8, 4) is 0 Å². The highest BCUT2D eigenvalue weighted by Gasteiger charge is 2.12. The summed E-state index contributed by atoms with van der Waals surface area (Å²) in [5, 5.41) is 8.25. The minimum absolute atomic E-state index is 0.146. The molecule has 0 aliphatic heterocycles. The lowest BCUT2D eigenvalue weighted by atomic mass is 10.1. The van der Waals surface area contributed by atoms with Crippen molar-refractivity contribution >= 4 is 23.2 Å². The molecule has 0 fully saturated rings.